The summed E-state index contributed by atoms with van der Waals surface area (Å²) in [6.45, 7) is 16.5. The molecule has 3 rings (SSSR count). The molecule has 0 amide bonds. The van der Waals surface area contributed by atoms with Crippen molar-refractivity contribution in [2.24, 2.45) is 22.7 Å². The Morgan fingerprint density at radius 3 is 2.69 bits per heavy atom. The van der Waals surface area contributed by atoms with Crippen LogP contribution >= 0.6 is 0 Å². The molecule has 0 unspecified atom stereocenters. The highest BCUT2D eigenvalue weighted by atomic mass is 16.5. The lowest BCUT2D eigenvalue weighted by atomic mass is 9.62. The molecule has 0 aliphatic heterocycles. The number of aliphatic hydroxyl groups excluding tert-OH is 3. The summed E-state index contributed by atoms with van der Waals surface area (Å²) in [6.07, 6.45) is 12.8. The average Bonchev–Trinajstić information content (AvgIpc) is 3.19. The molecule has 3 aliphatic carbocycles. The third-order valence-corrected chi connectivity index (χ3v) is 8.87. The van der Waals surface area contributed by atoms with Crippen LogP contribution in [0, 0.1) is 22.7 Å². The summed E-state index contributed by atoms with van der Waals surface area (Å²) in [5.41, 5.74) is 3.16. The second-order valence-corrected chi connectivity index (χ2v) is 11.8. The topological polar surface area (TPSA) is 87.0 Å². The van der Waals surface area contributed by atoms with Crippen molar-refractivity contribution in [3.05, 3.63) is 59.8 Å². The monoisotopic (exact) mass is 498 g/mol. The molecule has 3 aliphatic rings. The van der Waals surface area contributed by atoms with Gasteiger partial charge in [-0.05, 0) is 87.2 Å². The van der Waals surface area contributed by atoms with Gasteiger partial charge in [-0.15, -0.1) is 0 Å². The summed E-state index contributed by atoms with van der Waals surface area (Å²) in [4.78, 5) is 12.4. The van der Waals surface area contributed by atoms with Crippen LogP contribution in [0.25, 0.3) is 0 Å². The van der Waals surface area contributed by atoms with Crippen molar-refractivity contribution in [1.82, 2.24) is 0 Å². The Bertz CT molecular complexity index is 939. The van der Waals surface area contributed by atoms with Crippen molar-refractivity contribution >= 4 is 5.97 Å². The molecule has 0 spiro atoms. The van der Waals surface area contributed by atoms with Crippen LogP contribution in [0.15, 0.2) is 59.8 Å². The number of carbonyl (C=O) groups is 1. The highest BCUT2D eigenvalue weighted by molar-refractivity contribution is 5.77. The fourth-order valence-electron chi connectivity index (χ4n) is 6.39. The number of rotatable bonds is 8. The molecule has 0 aromatic carbocycles. The molecule has 6 atom stereocenters. The third kappa shape index (κ3) is 5.95. The number of fused-ring (bicyclic) bond motifs is 1. The van der Waals surface area contributed by atoms with Crippen molar-refractivity contribution in [1.29, 1.82) is 0 Å². The lowest BCUT2D eigenvalue weighted by Gasteiger charge is -2.42. The Kier molecular flexibility index (Phi) is 9.24. The van der Waals surface area contributed by atoms with Gasteiger partial charge in [0.15, 0.2) is 0 Å². The molecule has 3 N–H and O–H groups in total. The van der Waals surface area contributed by atoms with E-state index < -0.39 is 29.7 Å². The highest BCUT2D eigenvalue weighted by Gasteiger charge is 2.49. The lowest BCUT2D eigenvalue weighted by molar-refractivity contribution is -0.158. The van der Waals surface area contributed by atoms with Crippen LogP contribution in [0.1, 0.15) is 79.1 Å². The van der Waals surface area contributed by atoms with E-state index in [1.165, 1.54) is 5.57 Å². The summed E-state index contributed by atoms with van der Waals surface area (Å²) in [7, 11) is 0. The molecule has 0 bridgehead atoms. The fourth-order valence-corrected chi connectivity index (χ4v) is 6.39. The Balaban J connectivity index is 1.72. The zero-order chi connectivity index (χ0) is 26.7. The number of allylic oxidation sites excluding steroid dienone is 5. The van der Waals surface area contributed by atoms with E-state index in [1.807, 2.05) is 13.0 Å². The number of hydrogen-bond donors (Lipinski definition) is 3. The van der Waals surface area contributed by atoms with Crippen molar-refractivity contribution in [2.75, 3.05) is 6.61 Å². The molecule has 0 aromatic heterocycles. The molecule has 3 saturated carbocycles. The van der Waals surface area contributed by atoms with E-state index in [0.29, 0.717) is 31.3 Å². The Morgan fingerprint density at radius 1 is 1.28 bits per heavy atom. The molecule has 0 saturated heterocycles. The number of aliphatic hydroxyl groups is 3. The van der Waals surface area contributed by atoms with Crippen LogP contribution in [0.2, 0.25) is 0 Å². The highest BCUT2D eigenvalue weighted by Crippen LogP contribution is 2.59. The fraction of sp³-hybridized carbons (Fsp3) is 0.645. The van der Waals surface area contributed by atoms with Gasteiger partial charge in [-0.3, -0.25) is 4.79 Å². The van der Waals surface area contributed by atoms with Crippen LogP contribution < -0.4 is 0 Å². The van der Waals surface area contributed by atoms with Crippen LogP contribution in [0.3, 0.4) is 0 Å². The maximum atomic E-state index is 12.4. The second kappa shape index (κ2) is 11.6. The Hall–Kier alpha value is -1.95. The van der Waals surface area contributed by atoms with Crippen molar-refractivity contribution in [3.63, 3.8) is 0 Å². The Morgan fingerprint density at radius 2 is 2.00 bits per heavy atom. The minimum atomic E-state index is -1.02. The van der Waals surface area contributed by atoms with Gasteiger partial charge < -0.3 is 20.1 Å². The van der Waals surface area contributed by atoms with Gasteiger partial charge in [-0.1, -0.05) is 62.5 Å². The molecule has 5 nitrogen and oxygen atoms in total. The van der Waals surface area contributed by atoms with E-state index in [0.717, 1.165) is 55.2 Å². The smallest absolute Gasteiger partial charge is 0.314 e. The number of carbonyl (C=O) groups excluding carboxylic acids is 1. The van der Waals surface area contributed by atoms with Crippen molar-refractivity contribution in [2.45, 2.75) is 97.4 Å². The molecule has 36 heavy (non-hydrogen) atoms. The average molecular weight is 499 g/mol. The van der Waals surface area contributed by atoms with E-state index in [1.54, 1.807) is 19.9 Å². The van der Waals surface area contributed by atoms with Gasteiger partial charge in [-0.2, -0.15) is 0 Å². The standard InChI is InChI=1S/C31H46O5/c1-7-17-36-29(35)30(4,5)28(34)15-10-20(2)25-13-14-26-22(9-8-16-31(25,26)6)11-12-23-18-24(32)19-27(33)21(23)3/h10-12,15,24-28,32-34H,2-3,7-9,13-14,16-19H2,1,4-6H3/t24-,25-,26+,27+,28-,31-/m1/s1. The van der Waals surface area contributed by atoms with Gasteiger partial charge >= 0.3 is 5.97 Å². The van der Waals surface area contributed by atoms with Gasteiger partial charge in [0, 0.05) is 6.42 Å². The van der Waals surface area contributed by atoms with Crippen LogP contribution in [0.5, 0.6) is 0 Å². The van der Waals surface area contributed by atoms with Gasteiger partial charge in [0.05, 0.1) is 30.3 Å². The van der Waals surface area contributed by atoms with E-state index in [2.05, 4.69) is 32.2 Å². The minimum Gasteiger partial charge on any atom is -0.465 e. The van der Waals surface area contributed by atoms with Crippen molar-refractivity contribution in [3.8, 4) is 0 Å². The summed E-state index contributed by atoms with van der Waals surface area (Å²) in [6, 6.07) is 0. The second-order valence-electron chi connectivity index (χ2n) is 11.8. The summed E-state index contributed by atoms with van der Waals surface area (Å²) < 4.78 is 5.27. The Labute approximate surface area is 217 Å². The van der Waals surface area contributed by atoms with Crippen molar-refractivity contribution < 1.29 is 24.9 Å². The molecular weight excluding hydrogens is 452 g/mol. The summed E-state index contributed by atoms with van der Waals surface area (Å²) in [5.74, 6) is 0.373. The summed E-state index contributed by atoms with van der Waals surface area (Å²) >= 11 is 0. The third-order valence-electron chi connectivity index (χ3n) is 8.87. The molecule has 0 aromatic rings. The largest absolute Gasteiger partial charge is 0.465 e. The maximum absolute atomic E-state index is 12.4. The maximum Gasteiger partial charge on any atom is 0.314 e. The molecule has 3 fully saturated rings. The van der Waals surface area contributed by atoms with Gasteiger partial charge in [-0.25, -0.2) is 0 Å². The predicted octanol–water partition coefficient (Wildman–Crippen LogP) is 5.58. The molecular formula is C31H46O5. The SMILES string of the molecule is C=C(C=C[C@@H](O)C(C)(C)C(=O)OCCC)[C@H]1CC[C@H]2C(=CC=C3C[C@@H](O)C[C@H](O)C3=C)CCC[C@]12C. The summed E-state index contributed by atoms with van der Waals surface area (Å²) in [5, 5.41) is 31.0. The van der Waals surface area contributed by atoms with Gasteiger partial charge in [0.2, 0.25) is 0 Å². The molecule has 200 valence electrons. The van der Waals surface area contributed by atoms with E-state index >= 15 is 0 Å². The first kappa shape index (κ1) is 28.6. The van der Waals surface area contributed by atoms with Crippen LogP contribution in [-0.2, 0) is 9.53 Å². The van der Waals surface area contributed by atoms with E-state index in [9.17, 15) is 20.1 Å². The first-order valence-corrected chi connectivity index (χ1v) is 13.6. The number of hydrogen-bond acceptors (Lipinski definition) is 5. The van der Waals surface area contributed by atoms with Crippen LogP contribution in [-0.4, -0.2) is 46.2 Å². The van der Waals surface area contributed by atoms with E-state index in [4.69, 9.17) is 4.74 Å². The quantitative estimate of drug-likeness (QED) is 0.300. The zero-order valence-corrected chi connectivity index (χ0v) is 22.6. The van der Waals surface area contributed by atoms with E-state index in [-0.39, 0.29) is 5.41 Å². The molecule has 0 heterocycles. The molecule has 5 heteroatoms. The molecule has 0 radical (unpaired) electrons. The first-order valence-electron chi connectivity index (χ1n) is 13.6. The van der Waals surface area contributed by atoms with Gasteiger partial charge in [0.1, 0.15) is 0 Å². The number of esters is 1. The predicted molar refractivity (Wildman–Crippen MR) is 144 cm³/mol. The normalized spacial score (nSPS) is 34.2. The number of ether oxygens (including phenoxy) is 1. The first-order chi connectivity index (χ1) is 16.9. The minimum absolute atomic E-state index is 0.0904. The lowest BCUT2D eigenvalue weighted by Crippen LogP contribution is -2.37. The van der Waals surface area contributed by atoms with Crippen LogP contribution in [0.4, 0.5) is 0 Å². The zero-order valence-electron chi connectivity index (χ0n) is 22.6. The van der Waals surface area contributed by atoms with Gasteiger partial charge in [0.25, 0.3) is 0 Å².